The lowest BCUT2D eigenvalue weighted by Crippen LogP contribution is -2.45. The lowest BCUT2D eigenvalue weighted by molar-refractivity contribution is -0.143. The van der Waals surface area contributed by atoms with Crippen molar-refractivity contribution in [3.63, 3.8) is 0 Å². The lowest BCUT2D eigenvalue weighted by atomic mass is 10.2. The van der Waals surface area contributed by atoms with Crippen LogP contribution in [0.1, 0.15) is 40.5 Å². The molecule has 2 unspecified atom stereocenters. The van der Waals surface area contributed by atoms with Gasteiger partial charge < -0.3 is 19.7 Å². The van der Waals surface area contributed by atoms with E-state index in [0.717, 1.165) is 19.6 Å². The van der Waals surface area contributed by atoms with Crippen molar-refractivity contribution < 1.29 is 19.1 Å². The molecule has 0 saturated carbocycles. The van der Waals surface area contributed by atoms with Gasteiger partial charge in [-0.25, -0.2) is 9.59 Å². The molecule has 1 aliphatic heterocycles. The van der Waals surface area contributed by atoms with Crippen molar-refractivity contribution >= 4 is 12.1 Å². The summed E-state index contributed by atoms with van der Waals surface area (Å²) in [5.41, 5.74) is -0.588. The summed E-state index contributed by atoms with van der Waals surface area (Å²) >= 11 is 0. The number of carbonyl (C=O) groups is 2. The van der Waals surface area contributed by atoms with Crippen LogP contribution in [0.4, 0.5) is 4.79 Å². The molecule has 122 valence electrons. The largest absolute Gasteiger partial charge is 0.467 e. The van der Waals surface area contributed by atoms with Gasteiger partial charge in [-0.2, -0.15) is 0 Å². The fourth-order valence-corrected chi connectivity index (χ4v) is 2.38. The van der Waals surface area contributed by atoms with Crippen LogP contribution in [0.3, 0.4) is 0 Å². The first-order valence-corrected chi connectivity index (χ1v) is 7.51. The fraction of sp³-hybridized carbons (Fsp3) is 0.867. The van der Waals surface area contributed by atoms with Crippen LogP contribution in [0.15, 0.2) is 0 Å². The summed E-state index contributed by atoms with van der Waals surface area (Å²) in [6.07, 6.45) is 1.12. The minimum Gasteiger partial charge on any atom is -0.467 e. The van der Waals surface area contributed by atoms with Gasteiger partial charge in [0.05, 0.1) is 7.11 Å². The molecule has 0 aromatic heterocycles. The molecule has 0 radical (unpaired) electrons. The van der Waals surface area contributed by atoms with Gasteiger partial charge in [-0.05, 0) is 46.1 Å². The maximum atomic E-state index is 11.8. The van der Waals surface area contributed by atoms with Crippen LogP contribution < -0.4 is 5.32 Å². The van der Waals surface area contributed by atoms with Crippen LogP contribution in [-0.2, 0) is 14.3 Å². The van der Waals surface area contributed by atoms with E-state index in [-0.39, 0.29) is 0 Å². The number of hydrogen-bond acceptors (Lipinski definition) is 5. The number of nitrogens with one attached hydrogen (secondary N) is 1. The fourth-order valence-electron chi connectivity index (χ4n) is 2.38. The van der Waals surface area contributed by atoms with Crippen LogP contribution in [0.25, 0.3) is 0 Å². The molecule has 1 saturated heterocycles. The number of esters is 1. The Bertz CT molecular complexity index is 365. The van der Waals surface area contributed by atoms with Gasteiger partial charge in [0.2, 0.25) is 0 Å². The summed E-state index contributed by atoms with van der Waals surface area (Å²) in [5.74, 6) is 0.258. The molecule has 0 aromatic carbocycles. The highest BCUT2D eigenvalue weighted by atomic mass is 16.6. The Hall–Kier alpha value is -1.30. The number of amides is 1. The van der Waals surface area contributed by atoms with E-state index in [4.69, 9.17) is 9.47 Å². The standard InChI is InChI=1S/C15H28N2O4/c1-11-6-8-17(10-11)9-7-12(13(18)20-5)16-14(19)21-15(2,3)4/h11-12H,6-10H2,1-5H3,(H,16,19). The van der Waals surface area contributed by atoms with Gasteiger partial charge >= 0.3 is 12.1 Å². The predicted octanol–water partition coefficient (Wildman–Crippen LogP) is 1.78. The molecule has 6 nitrogen and oxygen atoms in total. The first-order chi connectivity index (χ1) is 9.71. The van der Waals surface area contributed by atoms with E-state index in [1.807, 2.05) is 0 Å². The maximum absolute atomic E-state index is 11.8. The minimum absolute atomic E-state index is 0.437. The SMILES string of the molecule is COC(=O)C(CCN1CCC(C)C1)NC(=O)OC(C)(C)C. The molecule has 1 fully saturated rings. The number of ether oxygens (including phenoxy) is 2. The lowest BCUT2D eigenvalue weighted by Gasteiger charge is -2.24. The average Bonchev–Trinajstić information content (AvgIpc) is 2.77. The molecule has 1 N–H and O–H groups in total. The summed E-state index contributed by atoms with van der Waals surface area (Å²) in [5, 5.41) is 2.60. The Labute approximate surface area is 127 Å². The number of rotatable bonds is 5. The molecule has 1 amide bonds. The monoisotopic (exact) mass is 300 g/mol. The Morgan fingerprint density at radius 1 is 1.38 bits per heavy atom. The number of alkyl carbamates (subject to hydrolysis) is 1. The maximum Gasteiger partial charge on any atom is 0.408 e. The van der Waals surface area contributed by atoms with Crippen LogP contribution in [-0.4, -0.2) is 55.3 Å². The van der Waals surface area contributed by atoms with Crippen LogP contribution in [0.5, 0.6) is 0 Å². The van der Waals surface area contributed by atoms with E-state index in [2.05, 4.69) is 17.1 Å². The van der Waals surface area contributed by atoms with Crippen molar-refractivity contribution in [1.82, 2.24) is 10.2 Å². The second kappa shape index (κ2) is 7.64. The Morgan fingerprint density at radius 3 is 2.52 bits per heavy atom. The topological polar surface area (TPSA) is 67.9 Å². The zero-order valence-corrected chi connectivity index (χ0v) is 13.8. The zero-order chi connectivity index (χ0) is 16.0. The van der Waals surface area contributed by atoms with Gasteiger partial charge in [0.1, 0.15) is 11.6 Å². The Balaban J connectivity index is 2.48. The van der Waals surface area contributed by atoms with E-state index >= 15 is 0 Å². The molecule has 6 heteroatoms. The Morgan fingerprint density at radius 2 is 2.05 bits per heavy atom. The van der Waals surface area contributed by atoms with E-state index < -0.39 is 23.7 Å². The molecule has 2 atom stereocenters. The number of carbonyl (C=O) groups excluding carboxylic acids is 2. The molecule has 0 bridgehead atoms. The third-order valence-corrected chi connectivity index (χ3v) is 3.42. The summed E-state index contributed by atoms with van der Waals surface area (Å²) < 4.78 is 9.93. The Kier molecular flexibility index (Phi) is 6.45. The highest BCUT2D eigenvalue weighted by Gasteiger charge is 2.26. The molecule has 0 spiro atoms. The number of nitrogens with zero attached hydrogens (tertiary/aromatic N) is 1. The molecule has 1 aliphatic rings. The van der Waals surface area contributed by atoms with E-state index in [0.29, 0.717) is 12.3 Å². The number of likely N-dealkylation sites (tertiary alicyclic amines) is 1. The van der Waals surface area contributed by atoms with E-state index in [9.17, 15) is 9.59 Å². The van der Waals surface area contributed by atoms with Crippen molar-refractivity contribution in [3.05, 3.63) is 0 Å². The van der Waals surface area contributed by atoms with Gasteiger partial charge in [0.25, 0.3) is 0 Å². The van der Waals surface area contributed by atoms with Gasteiger partial charge in [-0.1, -0.05) is 6.92 Å². The summed E-state index contributed by atoms with van der Waals surface area (Å²) in [6.45, 7) is 10.4. The summed E-state index contributed by atoms with van der Waals surface area (Å²) in [4.78, 5) is 25.9. The van der Waals surface area contributed by atoms with Crippen molar-refractivity contribution in [2.45, 2.75) is 52.2 Å². The molecule has 21 heavy (non-hydrogen) atoms. The average molecular weight is 300 g/mol. The molecule has 1 heterocycles. The van der Waals surface area contributed by atoms with Crippen LogP contribution >= 0.6 is 0 Å². The van der Waals surface area contributed by atoms with E-state index in [1.165, 1.54) is 13.5 Å². The highest BCUT2D eigenvalue weighted by Crippen LogP contribution is 2.15. The zero-order valence-electron chi connectivity index (χ0n) is 13.8. The van der Waals surface area contributed by atoms with Gasteiger partial charge in [0.15, 0.2) is 0 Å². The van der Waals surface area contributed by atoms with E-state index in [1.54, 1.807) is 20.8 Å². The molecule has 0 aromatic rings. The van der Waals surface area contributed by atoms with Crippen LogP contribution in [0, 0.1) is 5.92 Å². The second-order valence-corrected chi connectivity index (χ2v) is 6.71. The number of methoxy groups -OCH3 is 1. The third-order valence-electron chi connectivity index (χ3n) is 3.42. The van der Waals surface area contributed by atoms with Gasteiger partial charge in [-0.15, -0.1) is 0 Å². The number of hydrogen-bond donors (Lipinski definition) is 1. The molecule has 0 aliphatic carbocycles. The minimum atomic E-state index is -0.666. The first kappa shape index (κ1) is 17.8. The van der Waals surface area contributed by atoms with Crippen molar-refractivity contribution in [3.8, 4) is 0 Å². The molecular formula is C15H28N2O4. The summed E-state index contributed by atoms with van der Waals surface area (Å²) in [6, 6.07) is -0.666. The first-order valence-electron chi connectivity index (χ1n) is 7.51. The normalized spacial score (nSPS) is 20.9. The predicted molar refractivity (Wildman–Crippen MR) is 80.0 cm³/mol. The van der Waals surface area contributed by atoms with Crippen molar-refractivity contribution in [1.29, 1.82) is 0 Å². The molecular weight excluding hydrogens is 272 g/mol. The highest BCUT2D eigenvalue weighted by molar-refractivity contribution is 5.81. The van der Waals surface area contributed by atoms with Gasteiger partial charge in [0, 0.05) is 13.1 Å². The smallest absolute Gasteiger partial charge is 0.408 e. The van der Waals surface area contributed by atoms with Crippen molar-refractivity contribution in [2.24, 2.45) is 5.92 Å². The van der Waals surface area contributed by atoms with Gasteiger partial charge in [-0.3, -0.25) is 0 Å². The second-order valence-electron chi connectivity index (χ2n) is 6.71. The van der Waals surface area contributed by atoms with Crippen LogP contribution in [0.2, 0.25) is 0 Å². The third kappa shape index (κ3) is 6.80. The molecule has 1 rings (SSSR count). The van der Waals surface area contributed by atoms with Crippen molar-refractivity contribution in [2.75, 3.05) is 26.7 Å². The quantitative estimate of drug-likeness (QED) is 0.784. The summed E-state index contributed by atoms with van der Waals surface area (Å²) in [7, 11) is 1.32.